The van der Waals surface area contributed by atoms with Gasteiger partial charge >= 0.3 is 5.97 Å². The molecule has 0 aliphatic carbocycles. The van der Waals surface area contributed by atoms with Crippen molar-refractivity contribution < 1.29 is 19.1 Å². The molecular formula is C22H27NO4. The van der Waals surface area contributed by atoms with Gasteiger partial charge in [0.2, 0.25) is 0 Å². The molecule has 0 bridgehead atoms. The summed E-state index contributed by atoms with van der Waals surface area (Å²) >= 11 is 0. The minimum atomic E-state index is -0.677. The van der Waals surface area contributed by atoms with Crippen LogP contribution in [0.15, 0.2) is 48.5 Å². The molecule has 0 heterocycles. The van der Waals surface area contributed by atoms with Crippen LogP contribution in [0.25, 0.3) is 0 Å². The smallest absolute Gasteiger partial charge is 0.338 e. The Morgan fingerprint density at radius 1 is 1.00 bits per heavy atom. The maximum atomic E-state index is 12.5. The second kappa shape index (κ2) is 9.76. The number of amides is 1. The lowest BCUT2D eigenvalue weighted by molar-refractivity contribution is -0.122. The number of rotatable bonds is 8. The van der Waals surface area contributed by atoms with E-state index < -0.39 is 6.10 Å². The number of anilines is 1. The number of hydrogen-bond acceptors (Lipinski definition) is 4. The molecule has 0 aliphatic rings. The normalized spacial score (nSPS) is 12.7. The summed E-state index contributed by atoms with van der Waals surface area (Å²) in [6.45, 7) is 8.03. The Bertz CT molecular complexity index is 770. The third-order valence-corrected chi connectivity index (χ3v) is 4.41. The van der Waals surface area contributed by atoms with Gasteiger partial charge in [0.1, 0.15) is 5.75 Å². The van der Waals surface area contributed by atoms with Crippen LogP contribution in [0.1, 0.15) is 56.0 Å². The lowest BCUT2D eigenvalue weighted by atomic mass is 9.97. The van der Waals surface area contributed by atoms with Gasteiger partial charge in [-0.2, -0.15) is 0 Å². The first-order chi connectivity index (χ1) is 13.0. The van der Waals surface area contributed by atoms with E-state index in [1.807, 2.05) is 24.3 Å². The van der Waals surface area contributed by atoms with E-state index >= 15 is 0 Å². The SMILES string of the molecule is CCOC(=O)c1ccc(O[C@@H](C)C(=O)Nc2ccccc2[C@@H](C)CC)cc1. The summed E-state index contributed by atoms with van der Waals surface area (Å²) in [7, 11) is 0. The molecule has 0 aliphatic heterocycles. The van der Waals surface area contributed by atoms with Crippen LogP contribution >= 0.6 is 0 Å². The highest BCUT2D eigenvalue weighted by Gasteiger charge is 2.18. The van der Waals surface area contributed by atoms with Crippen molar-refractivity contribution >= 4 is 17.6 Å². The summed E-state index contributed by atoms with van der Waals surface area (Å²) in [6, 6.07) is 14.4. The highest BCUT2D eigenvalue weighted by Crippen LogP contribution is 2.26. The Morgan fingerprint density at radius 3 is 2.30 bits per heavy atom. The predicted molar refractivity (Wildman–Crippen MR) is 106 cm³/mol. The summed E-state index contributed by atoms with van der Waals surface area (Å²) in [6.07, 6.45) is 0.314. The van der Waals surface area contributed by atoms with Gasteiger partial charge in [0.25, 0.3) is 5.91 Å². The van der Waals surface area contributed by atoms with Crippen LogP contribution in [0, 0.1) is 0 Å². The Labute approximate surface area is 160 Å². The van der Waals surface area contributed by atoms with E-state index in [-0.39, 0.29) is 11.9 Å². The molecule has 2 rings (SSSR count). The average Bonchev–Trinajstić information content (AvgIpc) is 2.68. The van der Waals surface area contributed by atoms with E-state index in [0.29, 0.717) is 23.8 Å². The van der Waals surface area contributed by atoms with Crippen LogP contribution in [-0.4, -0.2) is 24.6 Å². The predicted octanol–water partition coefficient (Wildman–Crippen LogP) is 4.78. The van der Waals surface area contributed by atoms with E-state index in [1.54, 1.807) is 38.1 Å². The molecule has 27 heavy (non-hydrogen) atoms. The van der Waals surface area contributed by atoms with Crippen molar-refractivity contribution in [2.75, 3.05) is 11.9 Å². The summed E-state index contributed by atoms with van der Waals surface area (Å²) < 4.78 is 10.7. The Hall–Kier alpha value is -2.82. The number of nitrogens with one attached hydrogen (secondary N) is 1. The minimum absolute atomic E-state index is 0.222. The standard InChI is InChI=1S/C22H27NO4/c1-5-15(3)19-9-7-8-10-20(19)23-21(24)16(4)27-18-13-11-17(12-14-18)22(25)26-6-2/h7-16H,5-6H2,1-4H3,(H,23,24)/t15-,16-/m0/s1. The van der Waals surface area contributed by atoms with Crippen molar-refractivity contribution in [3.8, 4) is 5.75 Å². The van der Waals surface area contributed by atoms with Crippen LogP contribution in [0.5, 0.6) is 5.75 Å². The second-order valence-electron chi connectivity index (χ2n) is 6.39. The molecule has 1 N–H and O–H groups in total. The van der Waals surface area contributed by atoms with Crippen LogP contribution in [-0.2, 0) is 9.53 Å². The van der Waals surface area contributed by atoms with Crippen molar-refractivity contribution in [2.45, 2.75) is 46.1 Å². The number of hydrogen-bond donors (Lipinski definition) is 1. The van der Waals surface area contributed by atoms with Crippen molar-refractivity contribution in [2.24, 2.45) is 0 Å². The zero-order valence-electron chi connectivity index (χ0n) is 16.3. The maximum Gasteiger partial charge on any atom is 0.338 e. The highest BCUT2D eigenvalue weighted by molar-refractivity contribution is 5.95. The molecule has 2 atom stereocenters. The van der Waals surface area contributed by atoms with Gasteiger partial charge in [0, 0.05) is 5.69 Å². The highest BCUT2D eigenvalue weighted by atomic mass is 16.5. The fraction of sp³-hybridized carbons (Fsp3) is 0.364. The lowest BCUT2D eigenvalue weighted by Gasteiger charge is -2.18. The number of carbonyl (C=O) groups excluding carboxylic acids is 2. The first-order valence-corrected chi connectivity index (χ1v) is 9.29. The largest absolute Gasteiger partial charge is 0.481 e. The molecule has 5 nitrogen and oxygen atoms in total. The quantitative estimate of drug-likeness (QED) is 0.680. The molecule has 5 heteroatoms. The van der Waals surface area contributed by atoms with Gasteiger partial charge in [0.15, 0.2) is 6.10 Å². The molecule has 0 saturated heterocycles. The summed E-state index contributed by atoms with van der Waals surface area (Å²) in [5.41, 5.74) is 2.37. The molecular weight excluding hydrogens is 342 g/mol. The average molecular weight is 369 g/mol. The van der Waals surface area contributed by atoms with Gasteiger partial charge in [-0.25, -0.2) is 4.79 Å². The van der Waals surface area contributed by atoms with Crippen LogP contribution in [0.2, 0.25) is 0 Å². The molecule has 0 saturated carbocycles. The summed E-state index contributed by atoms with van der Waals surface area (Å²) in [5.74, 6) is 0.269. The van der Waals surface area contributed by atoms with Crippen molar-refractivity contribution in [1.82, 2.24) is 0 Å². The molecule has 2 aromatic rings. The molecule has 144 valence electrons. The van der Waals surface area contributed by atoms with Gasteiger partial charge in [-0.15, -0.1) is 0 Å². The van der Waals surface area contributed by atoms with Crippen LogP contribution < -0.4 is 10.1 Å². The Morgan fingerprint density at radius 2 is 1.67 bits per heavy atom. The van der Waals surface area contributed by atoms with Gasteiger partial charge < -0.3 is 14.8 Å². The molecule has 0 spiro atoms. The number of benzene rings is 2. The van der Waals surface area contributed by atoms with Crippen LogP contribution in [0.3, 0.4) is 0 Å². The second-order valence-corrected chi connectivity index (χ2v) is 6.39. The van der Waals surface area contributed by atoms with Gasteiger partial charge in [0.05, 0.1) is 12.2 Å². The van der Waals surface area contributed by atoms with E-state index in [4.69, 9.17) is 9.47 Å². The number of ether oxygens (including phenoxy) is 2. The molecule has 2 aromatic carbocycles. The number of para-hydroxylation sites is 1. The molecule has 0 fully saturated rings. The molecule has 0 aromatic heterocycles. The summed E-state index contributed by atoms with van der Waals surface area (Å²) in [4.78, 5) is 24.2. The number of esters is 1. The monoisotopic (exact) mass is 369 g/mol. The first-order valence-electron chi connectivity index (χ1n) is 9.29. The van der Waals surface area contributed by atoms with Gasteiger partial charge in [-0.3, -0.25) is 4.79 Å². The minimum Gasteiger partial charge on any atom is -0.481 e. The topological polar surface area (TPSA) is 64.6 Å². The van der Waals surface area contributed by atoms with Crippen LogP contribution in [0.4, 0.5) is 5.69 Å². The maximum absolute atomic E-state index is 12.5. The first kappa shape index (κ1) is 20.5. The van der Waals surface area contributed by atoms with E-state index in [9.17, 15) is 9.59 Å². The molecule has 0 radical (unpaired) electrons. The zero-order chi connectivity index (χ0) is 19.8. The number of carbonyl (C=O) groups is 2. The zero-order valence-corrected chi connectivity index (χ0v) is 16.3. The third-order valence-electron chi connectivity index (χ3n) is 4.41. The van der Waals surface area contributed by atoms with Crippen molar-refractivity contribution in [3.05, 3.63) is 59.7 Å². The van der Waals surface area contributed by atoms with E-state index in [2.05, 4.69) is 19.2 Å². The lowest BCUT2D eigenvalue weighted by Crippen LogP contribution is -2.30. The van der Waals surface area contributed by atoms with Crippen molar-refractivity contribution in [3.63, 3.8) is 0 Å². The fourth-order valence-corrected chi connectivity index (χ4v) is 2.64. The van der Waals surface area contributed by atoms with E-state index in [1.165, 1.54) is 0 Å². The molecule has 1 amide bonds. The third kappa shape index (κ3) is 5.58. The van der Waals surface area contributed by atoms with Gasteiger partial charge in [-0.05, 0) is 62.1 Å². The van der Waals surface area contributed by atoms with E-state index in [0.717, 1.165) is 17.7 Å². The summed E-state index contributed by atoms with van der Waals surface area (Å²) in [5, 5.41) is 2.95. The van der Waals surface area contributed by atoms with Gasteiger partial charge in [-0.1, -0.05) is 32.0 Å². The Balaban J connectivity index is 2.01. The Kier molecular flexibility index (Phi) is 7.41. The van der Waals surface area contributed by atoms with Crippen molar-refractivity contribution in [1.29, 1.82) is 0 Å². The molecule has 0 unspecified atom stereocenters. The fourth-order valence-electron chi connectivity index (χ4n) is 2.64.